The van der Waals surface area contributed by atoms with Gasteiger partial charge in [-0.2, -0.15) is 0 Å². The summed E-state index contributed by atoms with van der Waals surface area (Å²) in [6.45, 7) is 4.32. The predicted octanol–water partition coefficient (Wildman–Crippen LogP) is -0.169. The van der Waals surface area contributed by atoms with Gasteiger partial charge in [0.25, 0.3) is 0 Å². The van der Waals surface area contributed by atoms with Gasteiger partial charge in [0.1, 0.15) is 6.61 Å². The molecule has 130 valence electrons. The number of ether oxygens (including phenoxy) is 1. The summed E-state index contributed by atoms with van der Waals surface area (Å²) in [6, 6.07) is 9.49. The fraction of sp³-hybridized carbons (Fsp3) is 0.500. The Hall–Kier alpha value is -1.96. The summed E-state index contributed by atoms with van der Waals surface area (Å²) in [7, 11) is 0. The minimum Gasteiger partial charge on any atom is -0.460 e. The second kappa shape index (κ2) is 13.7. The topological polar surface area (TPSA) is 125 Å². The van der Waals surface area contributed by atoms with E-state index in [2.05, 4.69) is 0 Å². The van der Waals surface area contributed by atoms with Gasteiger partial charge in [-0.05, 0) is 5.56 Å². The average Bonchev–Trinajstić information content (AvgIpc) is 2.60. The summed E-state index contributed by atoms with van der Waals surface area (Å²) in [5.74, 6) is -0.250. The van der Waals surface area contributed by atoms with Crippen LogP contribution in [0.2, 0.25) is 0 Å². The number of nitrogens with zero attached hydrogens (tertiary/aromatic N) is 1. The molecule has 1 amide bonds. The number of amides is 1. The molecule has 0 aromatic heterocycles. The molecule has 0 aliphatic carbocycles. The fourth-order valence-electron chi connectivity index (χ4n) is 1.69. The van der Waals surface area contributed by atoms with Crippen molar-refractivity contribution in [2.75, 3.05) is 32.7 Å². The van der Waals surface area contributed by atoms with Gasteiger partial charge in [-0.15, -0.1) is 0 Å². The average molecular weight is 324 g/mol. The third-order valence-corrected chi connectivity index (χ3v) is 2.86. The predicted molar refractivity (Wildman–Crippen MR) is 90.3 cm³/mol. The number of benzene rings is 1. The number of carbonyl (C=O) groups is 2. The van der Waals surface area contributed by atoms with Crippen LogP contribution in [0.5, 0.6) is 0 Å². The van der Waals surface area contributed by atoms with Crippen molar-refractivity contribution in [1.29, 1.82) is 0 Å². The molecule has 0 fully saturated rings. The van der Waals surface area contributed by atoms with Crippen molar-refractivity contribution in [3.8, 4) is 0 Å². The zero-order valence-corrected chi connectivity index (χ0v) is 13.7. The molecule has 0 heterocycles. The Balaban J connectivity index is 0.000000423. The molecule has 0 spiro atoms. The third kappa shape index (κ3) is 10.4. The number of nitrogens with two attached hydrogens (primary N) is 3. The molecule has 1 aromatic rings. The molecule has 7 heteroatoms. The Morgan fingerprint density at radius 3 is 2.04 bits per heavy atom. The highest BCUT2D eigenvalue weighted by atomic mass is 16.5. The smallest absolute Gasteiger partial charge is 0.320 e. The van der Waals surface area contributed by atoms with Gasteiger partial charge in [0.15, 0.2) is 0 Å². The van der Waals surface area contributed by atoms with Gasteiger partial charge in [0.05, 0.1) is 6.54 Å². The maximum Gasteiger partial charge on any atom is 0.320 e. The summed E-state index contributed by atoms with van der Waals surface area (Å²) in [5.41, 5.74) is 16.7. The Kier molecular flexibility index (Phi) is 12.5. The van der Waals surface area contributed by atoms with E-state index < -0.39 is 0 Å². The van der Waals surface area contributed by atoms with Gasteiger partial charge in [-0.3, -0.25) is 9.59 Å². The van der Waals surface area contributed by atoms with E-state index in [4.69, 9.17) is 21.9 Å². The summed E-state index contributed by atoms with van der Waals surface area (Å²) in [5, 5.41) is 0. The van der Waals surface area contributed by atoms with E-state index in [1.807, 2.05) is 37.3 Å². The molecule has 0 saturated carbocycles. The molecule has 23 heavy (non-hydrogen) atoms. The summed E-state index contributed by atoms with van der Waals surface area (Å²) in [6.07, 6.45) is 0.528. The number of carbonyl (C=O) groups excluding carboxylic acids is 2. The standard InChI is InChI=1S/C9H11NO2.C7H17N3O/c10-6-9(11)12-7-8-4-2-1-3-5-8;1-2-7(11)10(5-3-8)6-4-9/h1-5H,6-7,10H2;2-6,8-9H2,1H3. The Bertz CT molecular complexity index is 434. The molecule has 0 radical (unpaired) electrons. The molecule has 0 aliphatic heterocycles. The second-order valence-corrected chi connectivity index (χ2v) is 4.66. The molecule has 6 N–H and O–H groups in total. The van der Waals surface area contributed by atoms with Crippen LogP contribution in [0, 0.1) is 0 Å². The first-order valence-corrected chi connectivity index (χ1v) is 7.66. The minimum absolute atomic E-state index is 0.0627. The van der Waals surface area contributed by atoms with Crippen LogP contribution < -0.4 is 17.2 Å². The summed E-state index contributed by atoms with van der Waals surface area (Å²) in [4.78, 5) is 23.4. The van der Waals surface area contributed by atoms with Crippen molar-refractivity contribution in [3.05, 3.63) is 35.9 Å². The highest BCUT2D eigenvalue weighted by Gasteiger charge is 2.07. The van der Waals surface area contributed by atoms with Crippen LogP contribution in [0.1, 0.15) is 18.9 Å². The van der Waals surface area contributed by atoms with Crippen LogP contribution in [0.3, 0.4) is 0 Å². The van der Waals surface area contributed by atoms with Crippen molar-refractivity contribution in [2.45, 2.75) is 20.0 Å². The third-order valence-electron chi connectivity index (χ3n) is 2.86. The van der Waals surface area contributed by atoms with Crippen LogP contribution in [-0.4, -0.2) is 49.5 Å². The number of hydrogen-bond donors (Lipinski definition) is 3. The van der Waals surface area contributed by atoms with Crippen molar-refractivity contribution in [3.63, 3.8) is 0 Å². The molecular formula is C16H28N4O3. The lowest BCUT2D eigenvalue weighted by molar-refractivity contribution is -0.143. The summed E-state index contributed by atoms with van der Waals surface area (Å²) >= 11 is 0. The zero-order chi connectivity index (χ0) is 17.5. The number of rotatable bonds is 8. The minimum atomic E-state index is -0.376. The molecule has 1 rings (SSSR count). The normalized spacial score (nSPS) is 9.57. The van der Waals surface area contributed by atoms with Crippen LogP contribution >= 0.6 is 0 Å². The Morgan fingerprint density at radius 1 is 1.04 bits per heavy atom. The Morgan fingerprint density at radius 2 is 1.61 bits per heavy atom. The lowest BCUT2D eigenvalue weighted by Gasteiger charge is -2.20. The molecule has 1 aromatic carbocycles. The van der Waals surface area contributed by atoms with Crippen LogP contribution in [0.4, 0.5) is 0 Å². The maximum atomic E-state index is 11.1. The summed E-state index contributed by atoms with van der Waals surface area (Å²) < 4.78 is 4.81. The molecule has 7 nitrogen and oxygen atoms in total. The van der Waals surface area contributed by atoms with Gasteiger partial charge in [-0.25, -0.2) is 0 Å². The van der Waals surface area contributed by atoms with Gasteiger partial charge in [-0.1, -0.05) is 37.3 Å². The zero-order valence-electron chi connectivity index (χ0n) is 13.7. The first-order valence-electron chi connectivity index (χ1n) is 7.66. The Labute approximate surface area is 137 Å². The van der Waals surface area contributed by atoms with E-state index in [1.54, 1.807) is 4.90 Å². The fourth-order valence-corrected chi connectivity index (χ4v) is 1.69. The lowest BCUT2D eigenvalue weighted by atomic mass is 10.2. The first-order chi connectivity index (χ1) is 11.1. The van der Waals surface area contributed by atoms with E-state index in [9.17, 15) is 9.59 Å². The van der Waals surface area contributed by atoms with Crippen LogP contribution in [0.15, 0.2) is 30.3 Å². The van der Waals surface area contributed by atoms with Gasteiger partial charge in [0, 0.05) is 32.6 Å². The molecular weight excluding hydrogens is 296 g/mol. The molecule has 0 atom stereocenters. The van der Waals surface area contributed by atoms with Gasteiger partial charge >= 0.3 is 5.97 Å². The van der Waals surface area contributed by atoms with Gasteiger partial charge < -0.3 is 26.8 Å². The van der Waals surface area contributed by atoms with E-state index >= 15 is 0 Å². The monoisotopic (exact) mass is 324 g/mol. The van der Waals surface area contributed by atoms with Crippen molar-refractivity contribution in [1.82, 2.24) is 4.90 Å². The SMILES string of the molecule is CCC(=O)N(CCN)CCN.NCC(=O)OCc1ccccc1. The largest absolute Gasteiger partial charge is 0.460 e. The lowest BCUT2D eigenvalue weighted by Crippen LogP contribution is -2.38. The van der Waals surface area contributed by atoms with Crippen LogP contribution in [-0.2, 0) is 20.9 Å². The highest BCUT2D eigenvalue weighted by Crippen LogP contribution is 1.99. The van der Waals surface area contributed by atoms with E-state index in [0.29, 0.717) is 39.2 Å². The van der Waals surface area contributed by atoms with Crippen LogP contribution in [0.25, 0.3) is 0 Å². The van der Waals surface area contributed by atoms with Crippen molar-refractivity contribution in [2.24, 2.45) is 17.2 Å². The molecule has 0 bridgehead atoms. The first kappa shape index (κ1) is 21.0. The molecule has 0 saturated heterocycles. The van der Waals surface area contributed by atoms with E-state index in [0.717, 1.165) is 5.56 Å². The molecule has 0 unspecified atom stereocenters. The van der Waals surface area contributed by atoms with E-state index in [1.165, 1.54) is 0 Å². The maximum absolute atomic E-state index is 11.1. The number of hydrogen-bond acceptors (Lipinski definition) is 6. The number of esters is 1. The van der Waals surface area contributed by atoms with Crippen molar-refractivity contribution < 1.29 is 14.3 Å². The van der Waals surface area contributed by atoms with Gasteiger partial charge in [0.2, 0.25) is 5.91 Å². The highest BCUT2D eigenvalue weighted by molar-refractivity contribution is 5.75. The van der Waals surface area contributed by atoms with Crippen molar-refractivity contribution >= 4 is 11.9 Å². The quantitative estimate of drug-likeness (QED) is 0.570. The second-order valence-electron chi connectivity index (χ2n) is 4.66. The van der Waals surface area contributed by atoms with E-state index in [-0.39, 0.29) is 18.4 Å². The molecule has 0 aliphatic rings.